The number of pyridine rings is 1. The summed E-state index contributed by atoms with van der Waals surface area (Å²) in [5, 5.41) is 10.1. The fraction of sp³-hybridized carbons (Fsp3) is 0.182. The van der Waals surface area contributed by atoms with Crippen molar-refractivity contribution in [2.45, 2.75) is 24.1 Å². The van der Waals surface area contributed by atoms with E-state index in [0.29, 0.717) is 15.8 Å². The van der Waals surface area contributed by atoms with Gasteiger partial charge in [-0.1, -0.05) is 0 Å². The summed E-state index contributed by atoms with van der Waals surface area (Å²) in [5.74, 6) is 0. The van der Waals surface area contributed by atoms with E-state index in [1.165, 1.54) is 11.8 Å². The van der Waals surface area contributed by atoms with Crippen LogP contribution in [0.3, 0.4) is 0 Å². The minimum Gasteiger partial charge on any atom is -0.439 e. The van der Waals surface area contributed by atoms with Gasteiger partial charge in [0.25, 0.3) is 5.22 Å². The predicted octanol–water partition coefficient (Wildman–Crippen LogP) is 2.71. The highest BCUT2D eigenvalue weighted by Gasteiger charge is 2.10. The SMILES string of the molecule is Cc1coc(Sc2nc(C)ccc2C#N)n1. The van der Waals surface area contributed by atoms with Crippen LogP contribution in [-0.4, -0.2) is 9.97 Å². The molecule has 2 rings (SSSR count). The Morgan fingerprint density at radius 3 is 2.69 bits per heavy atom. The normalized spacial score (nSPS) is 10.1. The minimum atomic E-state index is 0.507. The van der Waals surface area contributed by atoms with Gasteiger partial charge in [0, 0.05) is 5.69 Å². The molecule has 16 heavy (non-hydrogen) atoms. The number of oxazole rings is 1. The fourth-order valence-electron chi connectivity index (χ4n) is 1.16. The molecule has 0 saturated carbocycles. The molecule has 0 unspecified atom stereocenters. The monoisotopic (exact) mass is 231 g/mol. The van der Waals surface area contributed by atoms with Gasteiger partial charge in [-0.25, -0.2) is 9.97 Å². The minimum absolute atomic E-state index is 0.507. The fourth-order valence-corrected chi connectivity index (χ4v) is 2.02. The van der Waals surface area contributed by atoms with Gasteiger partial charge in [-0.3, -0.25) is 0 Å². The van der Waals surface area contributed by atoms with Gasteiger partial charge in [-0.15, -0.1) is 0 Å². The van der Waals surface area contributed by atoms with Crippen LogP contribution in [-0.2, 0) is 0 Å². The number of aromatic nitrogens is 2. The van der Waals surface area contributed by atoms with Crippen LogP contribution in [0.4, 0.5) is 0 Å². The molecule has 0 saturated heterocycles. The van der Waals surface area contributed by atoms with Crippen LogP contribution in [0.1, 0.15) is 17.0 Å². The van der Waals surface area contributed by atoms with Crippen LogP contribution in [0.2, 0.25) is 0 Å². The van der Waals surface area contributed by atoms with Crippen molar-refractivity contribution < 1.29 is 4.42 Å². The molecule has 0 N–H and O–H groups in total. The number of aryl methyl sites for hydroxylation is 2. The number of nitriles is 1. The van der Waals surface area contributed by atoms with Crippen molar-refractivity contribution in [3.05, 3.63) is 35.3 Å². The molecule has 5 heteroatoms. The predicted molar refractivity (Wildman–Crippen MR) is 59.1 cm³/mol. The summed E-state index contributed by atoms with van der Waals surface area (Å²) >= 11 is 1.26. The Morgan fingerprint density at radius 1 is 1.25 bits per heavy atom. The Morgan fingerprint density at radius 2 is 2.06 bits per heavy atom. The lowest BCUT2D eigenvalue weighted by atomic mass is 10.3. The van der Waals surface area contributed by atoms with Crippen LogP contribution in [0.5, 0.6) is 0 Å². The van der Waals surface area contributed by atoms with Crippen LogP contribution >= 0.6 is 11.8 Å². The molecule has 0 aliphatic carbocycles. The Balaban J connectivity index is 2.34. The largest absolute Gasteiger partial charge is 0.439 e. The third-order valence-corrected chi connectivity index (χ3v) is 2.77. The van der Waals surface area contributed by atoms with E-state index in [4.69, 9.17) is 9.68 Å². The third-order valence-electron chi connectivity index (χ3n) is 1.90. The lowest BCUT2D eigenvalue weighted by Gasteiger charge is -2.00. The zero-order chi connectivity index (χ0) is 11.5. The highest BCUT2D eigenvalue weighted by molar-refractivity contribution is 7.99. The van der Waals surface area contributed by atoms with Crippen LogP contribution in [0.25, 0.3) is 0 Å². The molecule has 0 amide bonds. The van der Waals surface area contributed by atoms with E-state index in [2.05, 4.69) is 16.0 Å². The van der Waals surface area contributed by atoms with E-state index in [1.54, 1.807) is 12.3 Å². The quantitative estimate of drug-likeness (QED) is 0.795. The lowest BCUT2D eigenvalue weighted by Crippen LogP contribution is -1.89. The van der Waals surface area contributed by atoms with Gasteiger partial charge in [0.2, 0.25) is 0 Å². The first-order chi connectivity index (χ1) is 7.69. The zero-order valence-corrected chi connectivity index (χ0v) is 9.71. The van der Waals surface area contributed by atoms with Crippen molar-refractivity contribution in [3.63, 3.8) is 0 Å². The number of hydrogen-bond donors (Lipinski definition) is 0. The van der Waals surface area contributed by atoms with Crippen molar-refractivity contribution >= 4 is 11.8 Å². The van der Waals surface area contributed by atoms with E-state index in [0.717, 1.165) is 11.4 Å². The summed E-state index contributed by atoms with van der Waals surface area (Å²) in [7, 11) is 0. The van der Waals surface area contributed by atoms with Gasteiger partial charge in [0.1, 0.15) is 17.4 Å². The summed E-state index contributed by atoms with van der Waals surface area (Å²) < 4.78 is 5.21. The molecule has 4 nitrogen and oxygen atoms in total. The van der Waals surface area contributed by atoms with Gasteiger partial charge in [0.15, 0.2) is 0 Å². The third kappa shape index (κ3) is 2.23. The van der Waals surface area contributed by atoms with E-state index >= 15 is 0 Å². The molecule has 0 bridgehead atoms. The first kappa shape index (κ1) is 10.7. The zero-order valence-electron chi connectivity index (χ0n) is 8.89. The molecular formula is C11H9N3OS. The first-order valence-corrected chi connectivity index (χ1v) is 5.48. The van der Waals surface area contributed by atoms with Crippen molar-refractivity contribution in [1.82, 2.24) is 9.97 Å². The van der Waals surface area contributed by atoms with Gasteiger partial charge >= 0.3 is 0 Å². The molecular weight excluding hydrogens is 222 g/mol. The summed E-state index contributed by atoms with van der Waals surface area (Å²) in [6.45, 7) is 3.73. The topological polar surface area (TPSA) is 62.7 Å². The molecule has 0 aromatic carbocycles. The molecule has 2 heterocycles. The van der Waals surface area contributed by atoms with E-state index in [9.17, 15) is 0 Å². The maximum Gasteiger partial charge on any atom is 0.262 e. The maximum atomic E-state index is 8.94. The standard InChI is InChI=1S/C11H9N3OS/c1-7-3-4-9(5-12)10(13-7)16-11-14-8(2)6-15-11/h3-4,6H,1-2H3. The summed E-state index contributed by atoms with van der Waals surface area (Å²) in [6.07, 6.45) is 1.57. The smallest absolute Gasteiger partial charge is 0.262 e. The highest BCUT2D eigenvalue weighted by Crippen LogP contribution is 2.27. The van der Waals surface area contributed by atoms with Crippen LogP contribution in [0.15, 0.2) is 33.1 Å². The molecule has 0 atom stereocenters. The second kappa shape index (κ2) is 4.37. The number of nitrogens with zero attached hydrogens (tertiary/aromatic N) is 3. The van der Waals surface area contributed by atoms with Crippen molar-refractivity contribution in [1.29, 1.82) is 5.26 Å². The molecule has 80 valence electrons. The lowest BCUT2D eigenvalue weighted by molar-refractivity contribution is 0.453. The molecule has 2 aromatic rings. The average molecular weight is 231 g/mol. The van der Waals surface area contributed by atoms with Crippen molar-refractivity contribution in [2.24, 2.45) is 0 Å². The van der Waals surface area contributed by atoms with Crippen LogP contribution in [0, 0.1) is 25.2 Å². The van der Waals surface area contributed by atoms with Crippen molar-refractivity contribution in [2.75, 3.05) is 0 Å². The molecule has 0 fully saturated rings. The molecule has 0 aliphatic heterocycles. The highest BCUT2D eigenvalue weighted by atomic mass is 32.2. The van der Waals surface area contributed by atoms with E-state index in [-0.39, 0.29) is 0 Å². The molecule has 2 aromatic heterocycles. The van der Waals surface area contributed by atoms with E-state index < -0.39 is 0 Å². The Kier molecular flexibility index (Phi) is 2.93. The number of hydrogen-bond acceptors (Lipinski definition) is 5. The Hall–Kier alpha value is -1.80. The molecule has 0 aliphatic rings. The molecule has 0 spiro atoms. The summed E-state index contributed by atoms with van der Waals surface area (Å²) in [4.78, 5) is 8.45. The Labute approximate surface area is 97.3 Å². The summed E-state index contributed by atoms with van der Waals surface area (Å²) in [5.41, 5.74) is 2.21. The van der Waals surface area contributed by atoms with Crippen molar-refractivity contribution in [3.8, 4) is 6.07 Å². The van der Waals surface area contributed by atoms with Crippen LogP contribution < -0.4 is 0 Å². The molecule has 0 radical (unpaired) electrons. The van der Waals surface area contributed by atoms with E-state index in [1.807, 2.05) is 19.9 Å². The summed E-state index contributed by atoms with van der Waals surface area (Å²) in [6, 6.07) is 5.66. The average Bonchev–Trinajstić information content (AvgIpc) is 2.64. The second-order valence-corrected chi connectivity index (χ2v) is 4.21. The number of rotatable bonds is 2. The maximum absolute atomic E-state index is 8.94. The second-order valence-electron chi connectivity index (χ2n) is 3.27. The van der Waals surface area contributed by atoms with Gasteiger partial charge in [0.05, 0.1) is 11.3 Å². The first-order valence-electron chi connectivity index (χ1n) is 4.67. The van der Waals surface area contributed by atoms with Gasteiger partial charge in [-0.2, -0.15) is 5.26 Å². The van der Waals surface area contributed by atoms with Gasteiger partial charge in [-0.05, 0) is 37.7 Å². The Bertz CT molecular complexity index is 557. The van der Waals surface area contributed by atoms with Gasteiger partial charge < -0.3 is 4.42 Å².